The molecule has 2 N–H and O–H groups in total. The lowest BCUT2D eigenvalue weighted by atomic mass is 10.2. The standard InChI is InChI=1S/C18H9BrCl2F2N2O2S/c19-10-6-8(22)7-12(23)16(10)24-18(28)25-17(26)14-5-4-13(27-14)9-2-1-3-11(20)15(9)21/h1-7H,(H2,24,25,26,28). The van der Waals surface area contributed by atoms with E-state index in [0.29, 0.717) is 27.4 Å². The minimum absolute atomic E-state index is 0.0474. The largest absolute Gasteiger partial charge is 0.451 e. The Morgan fingerprint density at radius 1 is 1.14 bits per heavy atom. The molecule has 0 aliphatic heterocycles. The van der Waals surface area contributed by atoms with E-state index in [1.54, 1.807) is 24.3 Å². The fourth-order valence-electron chi connectivity index (χ4n) is 2.27. The predicted octanol–water partition coefficient (Wildman–Crippen LogP) is 6.42. The van der Waals surface area contributed by atoms with Crippen molar-refractivity contribution in [1.29, 1.82) is 0 Å². The molecule has 10 heteroatoms. The van der Waals surface area contributed by atoms with E-state index in [9.17, 15) is 13.6 Å². The number of carbonyl (C=O) groups excluding carboxylic acids is 1. The van der Waals surface area contributed by atoms with Gasteiger partial charge in [-0.25, -0.2) is 8.78 Å². The van der Waals surface area contributed by atoms with Crippen LogP contribution in [-0.4, -0.2) is 11.0 Å². The number of rotatable bonds is 3. The third kappa shape index (κ3) is 4.52. The molecule has 144 valence electrons. The molecule has 1 heterocycles. The van der Waals surface area contributed by atoms with Crippen molar-refractivity contribution in [3.63, 3.8) is 0 Å². The molecule has 1 aromatic heterocycles. The van der Waals surface area contributed by atoms with Crippen LogP contribution in [0.3, 0.4) is 0 Å². The van der Waals surface area contributed by atoms with Crippen LogP contribution in [0.25, 0.3) is 11.3 Å². The summed E-state index contributed by atoms with van der Waals surface area (Å²) in [5.41, 5.74) is 0.406. The first-order valence-corrected chi connectivity index (χ1v) is 9.53. The van der Waals surface area contributed by atoms with Crippen molar-refractivity contribution in [2.24, 2.45) is 0 Å². The molecule has 0 unspecified atom stereocenters. The highest BCUT2D eigenvalue weighted by Gasteiger charge is 2.17. The van der Waals surface area contributed by atoms with Crippen LogP contribution in [0.15, 0.2) is 51.4 Å². The van der Waals surface area contributed by atoms with Crippen LogP contribution in [0.4, 0.5) is 14.5 Å². The molecule has 0 saturated heterocycles. The molecule has 2 aromatic carbocycles. The first-order valence-electron chi connectivity index (χ1n) is 7.57. The molecule has 3 rings (SSSR count). The number of nitrogens with one attached hydrogen (secondary N) is 2. The van der Waals surface area contributed by atoms with Crippen LogP contribution in [0.2, 0.25) is 10.0 Å². The van der Waals surface area contributed by atoms with E-state index in [-0.39, 0.29) is 21.0 Å². The molecule has 0 radical (unpaired) electrons. The zero-order chi connectivity index (χ0) is 20.4. The van der Waals surface area contributed by atoms with E-state index in [1.807, 2.05) is 0 Å². The monoisotopic (exact) mass is 504 g/mol. The summed E-state index contributed by atoms with van der Waals surface area (Å²) in [4.78, 5) is 12.3. The molecule has 1 amide bonds. The number of furan rings is 1. The van der Waals surface area contributed by atoms with Gasteiger partial charge in [0.2, 0.25) is 0 Å². The topological polar surface area (TPSA) is 54.3 Å². The van der Waals surface area contributed by atoms with Gasteiger partial charge in [-0.2, -0.15) is 0 Å². The highest BCUT2D eigenvalue weighted by atomic mass is 79.9. The lowest BCUT2D eigenvalue weighted by Crippen LogP contribution is -2.34. The number of benzene rings is 2. The van der Waals surface area contributed by atoms with Gasteiger partial charge in [-0.05, 0) is 58.5 Å². The van der Waals surface area contributed by atoms with Crippen LogP contribution in [0.5, 0.6) is 0 Å². The summed E-state index contributed by atoms with van der Waals surface area (Å²) in [7, 11) is 0. The molecule has 0 aliphatic rings. The van der Waals surface area contributed by atoms with Gasteiger partial charge in [0, 0.05) is 16.1 Å². The number of hydrogen-bond donors (Lipinski definition) is 2. The summed E-state index contributed by atoms with van der Waals surface area (Å²) in [6.45, 7) is 0. The van der Waals surface area contributed by atoms with Gasteiger partial charge < -0.3 is 9.73 Å². The first-order chi connectivity index (χ1) is 13.3. The highest BCUT2D eigenvalue weighted by molar-refractivity contribution is 9.10. The second kappa shape index (κ2) is 8.57. The molecule has 0 atom stereocenters. The molecule has 0 aliphatic carbocycles. The van der Waals surface area contributed by atoms with Gasteiger partial charge in [-0.15, -0.1) is 0 Å². The van der Waals surface area contributed by atoms with Crippen molar-refractivity contribution in [2.45, 2.75) is 0 Å². The van der Waals surface area contributed by atoms with Crippen LogP contribution < -0.4 is 10.6 Å². The lowest BCUT2D eigenvalue weighted by Gasteiger charge is -2.11. The highest BCUT2D eigenvalue weighted by Crippen LogP contribution is 2.34. The van der Waals surface area contributed by atoms with Gasteiger partial charge in [0.25, 0.3) is 5.91 Å². The predicted molar refractivity (Wildman–Crippen MR) is 112 cm³/mol. The fourth-order valence-corrected chi connectivity index (χ4v) is 3.37. The number of thiocarbonyl (C=S) groups is 1. The molecule has 4 nitrogen and oxygen atoms in total. The Hall–Kier alpha value is -2.00. The number of amides is 1. The van der Waals surface area contributed by atoms with Gasteiger partial charge >= 0.3 is 0 Å². The summed E-state index contributed by atoms with van der Waals surface area (Å²) in [6, 6.07) is 9.74. The third-order valence-electron chi connectivity index (χ3n) is 3.52. The van der Waals surface area contributed by atoms with Crippen molar-refractivity contribution in [3.05, 3.63) is 74.4 Å². The van der Waals surface area contributed by atoms with Crippen molar-refractivity contribution >= 4 is 68.1 Å². The minimum Gasteiger partial charge on any atom is -0.451 e. The van der Waals surface area contributed by atoms with E-state index in [0.717, 1.165) is 6.07 Å². The second-order valence-corrected chi connectivity index (χ2v) is 7.47. The molecular weight excluding hydrogens is 497 g/mol. The quantitative estimate of drug-likeness (QED) is 0.403. The zero-order valence-corrected chi connectivity index (χ0v) is 17.6. The van der Waals surface area contributed by atoms with E-state index in [1.165, 1.54) is 6.07 Å². The molecule has 0 fully saturated rings. The van der Waals surface area contributed by atoms with Crippen molar-refractivity contribution in [3.8, 4) is 11.3 Å². The summed E-state index contributed by atoms with van der Waals surface area (Å²) < 4.78 is 32.6. The Labute approximate surface area is 181 Å². The molecule has 0 spiro atoms. The van der Waals surface area contributed by atoms with Crippen LogP contribution in [0, 0.1) is 11.6 Å². The number of carbonyl (C=O) groups is 1. The maximum absolute atomic E-state index is 13.8. The third-order valence-corrected chi connectivity index (χ3v) is 5.17. The average Bonchev–Trinajstić information content (AvgIpc) is 3.10. The Kier molecular flexibility index (Phi) is 6.34. The Bertz CT molecular complexity index is 1070. The van der Waals surface area contributed by atoms with Crippen molar-refractivity contribution in [2.75, 3.05) is 5.32 Å². The van der Waals surface area contributed by atoms with Crippen molar-refractivity contribution < 1.29 is 18.0 Å². The van der Waals surface area contributed by atoms with Gasteiger partial charge in [0.05, 0.1) is 15.7 Å². The maximum Gasteiger partial charge on any atom is 0.293 e. The van der Waals surface area contributed by atoms with E-state index in [2.05, 4.69) is 26.6 Å². The number of hydrogen-bond acceptors (Lipinski definition) is 3. The van der Waals surface area contributed by atoms with E-state index in [4.69, 9.17) is 39.8 Å². The molecule has 28 heavy (non-hydrogen) atoms. The summed E-state index contributed by atoms with van der Waals surface area (Å²) in [5, 5.41) is 5.28. The van der Waals surface area contributed by atoms with Crippen LogP contribution in [0.1, 0.15) is 10.6 Å². The summed E-state index contributed by atoms with van der Waals surface area (Å²) in [6.07, 6.45) is 0. The van der Waals surface area contributed by atoms with Gasteiger partial charge in [0.1, 0.15) is 11.6 Å². The minimum atomic E-state index is -0.876. The fraction of sp³-hybridized carbons (Fsp3) is 0. The smallest absolute Gasteiger partial charge is 0.293 e. The molecule has 0 bridgehead atoms. The summed E-state index contributed by atoms with van der Waals surface area (Å²) >= 11 is 20.1. The zero-order valence-electron chi connectivity index (χ0n) is 13.7. The molecule has 3 aromatic rings. The normalized spacial score (nSPS) is 10.6. The maximum atomic E-state index is 13.8. The average molecular weight is 506 g/mol. The van der Waals surface area contributed by atoms with Crippen LogP contribution >= 0.6 is 51.3 Å². The molecular formula is C18H9BrCl2F2N2O2S. The van der Waals surface area contributed by atoms with Crippen LogP contribution in [-0.2, 0) is 0 Å². The van der Waals surface area contributed by atoms with E-state index >= 15 is 0 Å². The lowest BCUT2D eigenvalue weighted by molar-refractivity contribution is 0.0951. The summed E-state index contributed by atoms with van der Waals surface area (Å²) in [5.74, 6) is -2.01. The van der Waals surface area contributed by atoms with Gasteiger partial charge in [0.15, 0.2) is 16.7 Å². The van der Waals surface area contributed by atoms with Gasteiger partial charge in [-0.1, -0.05) is 29.3 Å². The first kappa shape index (κ1) is 20.7. The number of anilines is 1. The SMILES string of the molecule is O=C(NC(=S)Nc1c(F)cc(F)cc1Br)c1ccc(-c2cccc(Cl)c2Cl)o1. The Balaban J connectivity index is 1.73. The Morgan fingerprint density at radius 3 is 2.61 bits per heavy atom. The molecule has 0 saturated carbocycles. The Morgan fingerprint density at radius 2 is 1.89 bits per heavy atom. The van der Waals surface area contributed by atoms with Crippen molar-refractivity contribution in [1.82, 2.24) is 5.32 Å². The van der Waals surface area contributed by atoms with Gasteiger partial charge in [-0.3, -0.25) is 10.1 Å². The van der Waals surface area contributed by atoms with E-state index < -0.39 is 17.5 Å². The second-order valence-electron chi connectivity index (χ2n) is 5.42. The number of halogens is 5.